The second kappa shape index (κ2) is 10.6. The number of aliphatic carboxylic acids is 1. The molecule has 1 aliphatic heterocycles. The standard InChI is InChI=1S/C25H23N3O3S3/c1-16-10-12-18(13-11-16)33-24-19(22(26-27(24)2)17-7-4-3-5-8-17)15-20-23(31)28(25(32)34-20)14-6-9-21(29)30/h3-5,7-8,10-13,15H,6,9,14H2,1-2H3,(H,29,30). The van der Waals surface area contributed by atoms with Crippen LogP contribution in [0.1, 0.15) is 24.0 Å². The van der Waals surface area contributed by atoms with Gasteiger partial charge in [-0.2, -0.15) is 5.10 Å². The van der Waals surface area contributed by atoms with E-state index in [1.165, 1.54) is 22.2 Å². The Morgan fingerprint density at radius 3 is 2.56 bits per heavy atom. The molecular weight excluding hydrogens is 486 g/mol. The molecule has 174 valence electrons. The maximum absolute atomic E-state index is 13.1. The van der Waals surface area contributed by atoms with E-state index in [-0.39, 0.29) is 18.9 Å². The fourth-order valence-corrected chi connectivity index (χ4v) is 5.74. The van der Waals surface area contributed by atoms with Crippen molar-refractivity contribution in [1.29, 1.82) is 0 Å². The third-order valence-corrected chi connectivity index (χ3v) is 7.80. The lowest BCUT2D eigenvalue weighted by Gasteiger charge is -2.13. The number of nitrogens with zero attached hydrogens (tertiary/aromatic N) is 3. The number of rotatable bonds is 8. The average molecular weight is 510 g/mol. The molecule has 3 aromatic rings. The first-order valence-corrected chi connectivity index (χ1v) is 12.7. The van der Waals surface area contributed by atoms with E-state index in [1.807, 2.05) is 48.1 Å². The number of aryl methyl sites for hydroxylation is 2. The number of aromatic nitrogens is 2. The number of hydrogen-bond donors (Lipinski definition) is 1. The van der Waals surface area contributed by atoms with Crippen LogP contribution in [-0.4, -0.2) is 42.5 Å². The van der Waals surface area contributed by atoms with Crippen molar-refractivity contribution < 1.29 is 14.7 Å². The van der Waals surface area contributed by atoms with Crippen LogP contribution < -0.4 is 0 Å². The van der Waals surface area contributed by atoms with Crippen LogP contribution in [0.25, 0.3) is 17.3 Å². The molecule has 1 N–H and O–H groups in total. The molecule has 1 aliphatic rings. The monoisotopic (exact) mass is 509 g/mol. The molecule has 0 saturated carbocycles. The van der Waals surface area contributed by atoms with Crippen LogP contribution in [0.4, 0.5) is 0 Å². The van der Waals surface area contributed by atoms with Crippen molar-refractivity contribution in [3.05, 3.63) is 70.6 Å². The summed E-state index contributed by atoms with van der Waals surface area (Å²) in [6.07, 6.45) is 2.21. The van der Waals surface area contributed by atoms with Gasteiger partial charge in [-0.1, -0.05) is 83.8 Å². The van der Waals surface area contributed by atoms with Crippen LogP contribution in [0.2, 0.25) is 0 Å². The number of hydrogen-bond acceptors (Lipinski definition) is 6. The van der Waals surface area contributed by atoms with E-state index in [4.69, 9.17) is 22.4 Å². The fourth-order valence-electron chi connectivity index (χ4n) is 3.52. The van der Waals surface area contributed by atoms with Crippen molar-refractivity contribution in [1.82, 2.24) is 14.7 Å². The summed E-state index contributed by atoms with van der Waals surface area (Å²) in [4.78, 5) is 27.1. The molecule has 6 nitrogen and oxygen atoms in total. The Balaban J connectivity index is 1.72. The minimum Gasteiger partial charge on any atom is -0.481 e. The van der Waals surface area contributed by atoms with Crippen molar-refractivity contribution in [2.24, 2.45) is 7.05 Å². The molecule has 0 aliphatic carbocycles. The van der Waals surface area contributed by atoms with Gasteiger partial charge in [-0.25, -0.2) is 0 Å². The van der Waals surface area contributed by atoms with Crippen molar-refractivity contribution in [3.63, 3.8) is 0 Å². The second-order valence-corrected chi connectivity index (χ2v) is 10.5. The van der Waals surface area contributed by atoms with Gasteiger partial charge in [-0.05, 0) is 31.6 Å². The van der Waals surface area contributed by atoms with E-state index in [9.17, 15) is 9.59 Å². The molecule has 1 aromatic heterocycles. The highest BCUT2D eigenvalue weighted by Gasteiger charge is 2.32. The van der Waals surface area contributed by atoms with E-state index in [2.05, 4.69) is 31.2 Å². The molecule has 2 heterocycles. The molecular formula is C25H23N3O3S3. The summed E-state index contributed by atoms with van der Waals surface area (Å²) in [5.74, 6) is -1.09. The molecule has 9 heteroatoms. The molecule has 0 spiro atoms. The smallest absolute Gasteiger partial charge is 0.303 e. The molecule has 1 fully saturated rings. The SMILES string of the molecule is Cc1ccc(Sc2c(C=C3SC(=S)N(CCCC(=O)O)C3=O)c(-c3ccccc3)nn2C)cc1. The van der Waals surface area contributed by atoms with Crippen LogP contribution in [0.15, 0.2) is 69.4 Å². The van der Waals surface area contributed by atoms with Gasteiger partial charge in [0.2, 0.25) is 0 Å². The Morgan fingerprint density at radius 1 is 1.18 bits per heavy atom. The van der Waals surface area contributed by atoms with Crippen LogP contribution in [0.3, 0.4) is 0 Å². The van der Waals surface area contributed by atoms with Gasteiger partial charge in [-0.3, -0.25) is 19.2 Å². The third kappa shape index (κ3) is 5.43. The molecule has 1 saturated heterocycles. The number of thioether (sulfide) groups is 1. The lowest BCUT2D eigenvalue weighted by molar-refractivity contribution is -0.137. The minimum absolute atomic E-state index is 0.00575. The summed E-state index contributed by atoms with van der Waals surface area (Å²) in [5.41, 5.74) is 3.78. The summed E-state index contributed by atoms with van der Waals surface area (Å²) >= 11 is 8.26. The van der Waals surface area contributed by atoms with Gasteiger partial charge in [0.05, 0.1) is 4.91 Å². The van der Waals surface area contributed by atoms with E-state index in [0.717, 1.165) is 26.7 Å². The third-order valence-electron chi connectivity index (χ3n) is 5.23. The quantitative estimate of drug-likeness (QED) is 0.312. The zero-order valence-corrected chi connectivity index (χ0v) is 21.2. The summed E-state index contributed by atoms with van der Waals surface area (Å²) in [7, 11) is 1.90. The zero-order chi connectivity index (χ0) is 24.2. The minimum atomic E-state index is -0.887. The largest absolute Gasteiger partial charge is 0.481 e. The van der Waals surface area contributed by atoms with Crippen LogP contribution in [-0.2, 0) is 16.6 Å². The maximum atomic E-state index is 13.1. The van der Waals surface area contributed by atoms with Crippen LogP contribution in [0, 0.1) is 6.92 Å². The topological polar surface area (TPSA) is 75.4 Å². The first kappa shape index (κ1) is 24.3. The molecule has 0 radical (unpaired) electrons. The highest BCUT2D eigenvalue weighted by atomic mass is 32.2. The normalized spacial score (nSPS) is 14.9. The maximum Gasteiger partial charge on any atom is 0.303 e. The number of carbonyl (C=O) groups excluding carboxylic acids is 1. The molecule has 0 unspecified atom stereocenters. The van der Waals surface area contributed by atoms with Crippen molar-refractivity contribution in [3.8, 4) is 11.3 Å². The van der Waals surface area contributed by atoms with Crippen LogP contribution >= 0.6 is 35.7 Å². The number of benzene rings is 2. The summed E-state index contributed by atoms with van der Waals surface area (Å²) in [5, 5.41) is 14.6. The number of carboxylic acid groups (broad SMARTS) is 1. The average Bonchev–Trinajstić information content (AvgIpc) is 3.26. The highest BCUT2D eigenvalue weighted by Crippen LogP contribution is 2.40. The highest BCUT2D eigenvalue weighted by molar-refractivity contribution is 8.26. The Kier molecular flexibility index (Phi) is 7.55. The summed E-state index contributed by atoms with van der Waals surface area (Å²) < 4.78 is 2.28. The van der Waals surface area contributed by atoms with Crippen molar-refractivity contribution >= 4 is 58.0 Å². The van der Waals surface area contributed by atoms with Gasteiger partial charge >= 0.3 is 5.97 Å². The van der Waals surface area contributed by atoms with E-state index in [0.29, 0.717) is 15.6 Å². The van der Waals surface area contributed by atoms with Crippen molar-refractivity contribution in [2.45, 2.75) is 29.7 Å². The van der Waals surface area contributed by atoms with Gasteiger partial charge in [0, 0.05) is 36.0 Å². The Labute approximate surface area is 212 Å². The zero-order valence-electron chi connectivity index (χ0n) is 18.7. The number of thiocarbonyl (C=S) groups is 1. The van der Waals surface area contributed by atoms with Gasteiger partial charge in [0.15, 0.2) is 0 Å². The van der Waals surface area contributed by atoms with Gasteiger partial charge in [0.1, 0.15) is 15.0 Å². The molecule has 0 bridgehead atoms. The van der Waals surface area contributed by atoms with E-state index >= 15 is 0 Å². The molecule has 0 atom stereocenters. The Bertz CT molecular complexity index is 1270. The van der Waals surface area contributed by atoms with Crippen LogP contribution in [0.5, 0.6) is 0 Å². The van der Waals surface area contributed by atoms with E-state index in [1.54, 1.807) is 11.8 Å². The first-order valence-electron chi connectivity index (χ1n) is 10.7. The molecule has 1 amide bonds. The predicted octanol–water partition coefficient (Wildman–Crippen LogP) is 5.61. The summed E-state index contributed by atoms with van der Waals surface area (Å²) in [6, 6.07) is 18.1. The lowest BCUT2D eigenvalue weighted by atomic mass is 10.1. The number of carboxylic acids is 1. The number of carbonyl (C=O) groups is 2. The second-order valence-electron chi connectivity index (χ2n) is 7.80. The fraction of sp³-hybridized carbons (Fsp3) is 0.200. The Hall–Kier alpha value is -2.88. The first-order chi connectivity index (χ1) is 16.3. The molecule has 34 heavy (non-hydrogen) atoms. The number of amides is 1. The van der Waals surface area contributed by atoms with Crippen molar-refractivity contribution in [2.75, 3.05) is 6.54 Å². The summed E-state index contributed by atoms with van der Waals surface area (Å²) in [6.45, 7) is 2.34. The van der Waals surface area contributed by atoms with Gasteiger partial charge < -0.3 is 5.11 Å². The molecule has 4 rings (SSSR count). The van der Waals surface area contributed by atoms with E-state index < -0.39 is 5.97 Å². The predicted molar refractivity (Wildman–Crippen MR) is 141 cm³/mol. The van der Waals surface area contributed by atoms with Gasteiger partial charge in [0.25, 0.3) is 5.91 Å². The Morgan fingerprint density at radius 2 is 1.88 bits per heavy atom. The van der Waals surface area contributed by atoms with Gasteiger partial charge in [-0.15, -0.1) is 0 Å². The molecule has 2 aromatic carbocycles. The lowest BCUT2D eigenvalue weighted by Crippen LogP contribution is -2.29.